The second-order valence-corrected chi connectivity index (χ2v) is 7.08. The molecule has 1 aromatic rings. The van der Waals surface area contributed by atoms with Crippen LogP contribution in [0.2, 0.25) is 0 Å². The van der Waals surface area contributed by atoms with Gasteiger partial charge in [-0.05, 0) is 50.5 Å². The van der Waals surface area contributed by atoms with Gasteiger partial charge < -0.3 is 0 Å². The van der Waals surface area contributed by atoms with E-state index in [9.17, 15) is 34.9 Å². The molecule has 0 spiro atoms. The summed E-state index contributed by atoms with van der Waals surface area (Å²) in [7, 11) is -1.11. The Morgan fingerprint density at radius 3 is 1.93 bits per heavy atom. The minimum atomic E-state index is -5.68. The minimum Gasteiger partial charge on any atom is -0.269 e. The van der Waals surface area contributed by atoms with Crippen LogP contribution in [0.25, 0.3) is 0 Å². The van der Waals surface area contributed by atoms with E-state index in [0.29, 0.717) is 11.1 Å². The summed E-state index contributed by atoms with van der Waals surface area (Å²) >= 11 is 0. The molecule has 28 heavy (non-hydrogen) atoms. The normalized spacial score (nSPS) is 14.2. The molecule has 1 aromatic carbocycles. The molecule has 0 amide bonds. The number of rotatable bonds is 4. The van der Waals surface area contributed by atoms with Gasteiger partial charge >= 0.3 is 12.1 Å². The van der Waals surface area contributed by atoms with Crippen molar-refractivity contribution >= 4 is 22.8 Å². The van der Waals surface area contributed by atoms with Gasteiger partial charge in [-0.1, -0.05) is 6.07 Å². The van der Waals surface area contributed by atoms with Crippen molar-refractivity contribution in [2.45, 2.75) is 51.1 Å². The molecular formula is C17H21F7N2OS. The number of alkyl halides is 7. The zero-order valence-corrected chi connectivity index (χ0v) is 16.7. The monoisotopic (exact) mass is 434 g/mol. The van der Waals surface area contributed by atoms with E-state index in [1.54, 1.807) is 26.8 Å². The molecule has 160 valence electrons. The Labute approximate surface area is 161 Å². The highest BCUT2D eigenvalue weighted by Gasteiger charge is 2.58. The first-order valence-electron chi connectivity index (χ1n) is 7.82. The average Bonchev–Trinajstić information content (AvgIpc) is 2.54. The summed E-state index contributed by atoms with van der Waals surface area (Å²) < 4.78 is 96.9. The first-order chi connectivity index (χ1) is 12.7. The molecule has 1 rings (SSSR count). The van der Waals surface area contributed by atoms with Crippen molar-refractivity contribution < 1.29 is 34.9 Å². The van der Waals surface area contributed by atoms with Crippen LogP contribution < -0.4 is 0 Å². The maximum absolute atomic E-state index is 12.9. The molecule has 0 N–H and O–H groups in total. The Hall–Kier alpha value is -1.78. The van der Waals surface area contributed by atoms with Crippen molar-refractivity contribution in [1.29, 1.82) is 0 Å². The average molecular weight is 434 g/mol. The van der Waals surface area contributed by atoms with Gasteiger partial charge in [-0.2, -0.15) is 22.0 Å². The van der Waals surface area contributed by atoms with Crippen molar-refractivity contribution in [2.24, 2.45) is 9.98 Å². The summed E-state index contributed by atoms with van der Waals surface area (Å²) in [6, 6.07) is 3.02. The summed E-state index contributed by atoms with van der Waals surface area (Å²) in [5, 5.41) is 0. The molecule has 11 heteroatoms. The number of aliphatic imine (C=N–C) groups is 2. The third kappa shape index (κ3) is 7.69. The second kappa shape index (κ2) is 10.7. The van der Waals surface area contributed by atoms with Crippen LogP contribution in [0.5, 0.6) is 0 Å². The van der Waals surface area contributed by atoms with Gasteiger partial charge in [0.2, 0.25) is 0 Å². The summed E-state index contributed by atoms with van der Waals surface area (Å²) in [4.78, 5) is 6.58. The van der Waals surface area contributed by atoms with Crippen LogP contribution in [0.3, 0.4) is 0 Å². The van der Waals surface area contributed by atoms with Gasteiger partial charge in [0.1, 0.15) is 5.75 Å². The molecule has 0 aromatic heterocycles. The molecule has 0 aliphatic rings. The molecule has 1 atom stereocenters. The van der Waals surface area contributed by atoms with Gasteiger partial charge in [0, 0.05) is 18.2 Å². The molecule has 0 bridgehead atoms. The third-order valence-electron chi connectivity index (χ3n) is 3.45. The van der Waals surface area contributed by atoms with Crippen LogP contribution in [-0.2, 0) is 10.8 Å². The molecule has 3 nitrogen and oxygen atoms in total. The molecule has 0 radical (unpaired) electrons. The maximum atomic E-state index is 12.9. The first kappa shape index (κ1) is 26.2. The van der Waals surface area contributed by atoms with Crippen molar-refractivity contribution in [3.63, 3.8) is 0 Å². The van der Waals surface area contributed by atoms with Crippen LogP contribution in [0.1, 0.15) is 23.6 Å². The number of hydrogen-bond acceptors (Lipinski definition) is 2. The van der Waals surface area contributed by atoms with Gasteiger partial charge in [0.05, 0.1) is 10.8 Å². The van der Waals surface area contributed by atoms with E-state index in [4.69, 9.17) is 0 Å². The van der Waals surface area contributed by atoms with E-state index >= 15 is 0 Å². The third-order valence-corrected chi connectivity index (χ3v) is 5.00. The van der Waals surface area contributed by atoms with E-state index in [1.807, 2.05) is 0 Å². The molecule has 0 saturated carbocycles. The Morgan fingerprint density at radius 2 is 1.57 bits per heavy atom. The van der Waals surface area contributed by atoms with Gasteiger partial charge in [0.15, 0.2) is 5.84 Å². The molecule has 0 fully saturated rings. The lowest BCUT2D eigenvalue weighted by Crippen LogP contribution is -2.41. The van der Waals surface area contributed by atoms with Crippen molar-refractivity contribution in [2.75, 3.05) is 12.8 Å². The molecule has 0 aliphatic heterocycles. The summed E-state index contributed by atoms with van der Waals surface area (Å²) in [5.41, 5.74) is 2.00. The molecule has 0 heterocycles. The quantitative estimate of drug-likeness (QED) is 0.361. The highest BCUT2D eigenvalue weighted by Crippen LogP contribution is 2.37. The zero-order chi connectivity index (χ0) is 22.3. The van der Waals surface area contributed by atoms with Crippen molar-refractivity contribution in [1.82, 2.24) is 0 Å². The van der Waals surface area contributed by atoms with Crippen molar-refractivity contribution in [3.8, 4) is 0 Å². The van der Waals surface area contributed by atoms with Gasteiger partial charge in [-0.25, -0.2) is 13.8 Å². The topological polar surface area (TPSA) is 41.8 Å². The molecule has 0 aliphatic carbocycles. The van der Waals surface area contributed by atoms with Gasteiger partial charge in [-0.3, -0.25) is 9.20 Å². The highest BCUT2D eigenvalue weighted by atomic mass is 32.2. The number of nitrogens with zero attached hydrogens (tertiary/aromatic N) is 2. The van der Waals surface area contributed by atoms with Gasteiger partial charge in [-0.15, -0.1) is 0 Å². The number of amidine groups is 1. The molecule has 1 unspecified atom stereocenters. The van der Waals surface area contributed by atoms with E-state index in [0.717, 1.165) is 5.56 Å². The standard InChI is InChI=1S/C12H13F5OS.C5H8F2N2/c1-7-4-9(3)10(5-8(7)2)19(18)6-11(13,14)12(15,16)17;1-3-9-5(8-2)4(6)7/h4-5H,6H2,1-3H3;3-4H,1-2H3. The zero-order valence-electron chi connectivity index (χ0n) is 15.9. The minimum absolute atomic E-state index is 0.0204. The lowest BCUT2D eigenvalue weighted by molar-refractivity contribution is -0.271. The van der Waals surface area contributed by atoms with Crippen LogP contribution in [0, 0.1) is 20.8 Å². The summed E-state index contributed by atoms with van der Waals surface area (Å²) in [6.45, 7) is 6.55. The first-order valence-corrected chi connectivity index (χ1v) is 9.14. The van der Waals surface area contributed by atoms with E-state index in [-0.39, 0.29) is 4.90 Å². The number of hydrogen-bond donors (Lipinski definition) is 0. The fourth-order valence-corrected chi connectivity index (χ4v) is 3.22. The smallest absolute Gasteiger partial charge is 0.269 e. The lowest BCUT2D eigenvalue weighted by atomic mass is 10.1. The lowest BCUT2D eigenvalue weighted by Gasteiger charge is -2.19. The van der Waals surface area contributed by atoms with E-state index in [2.05, 4.69) is 9.98 Å². The van der Waals surface area contributed by atoms with Crippen molar-refractivity contribution in [3.05, 3.63) is 28.8 Å². The van der Waals surface area contributed by atoms with Crippen LogP contribution in [-0.4, -0.2) is 47.6 Å². The fraction of sp³-hybridized carbons (Fsp3) is 0.529. The SMILES string of the molecule is CC=NC(=NC)C(F)F.Cc1cc(C)c(S(=O)CC(F)(F)C(F)(F)F)cc1C. The number of halogens is 7. The number of benzene rings is 1. The predicted octanol–water partition coefficient (Wildman–Crippen LogP) is 5.29. The molecular weight excluding hydrogens is 413 g/mol. The maximum Gasteiger partial charge on any atom is 0.454 e. The fourth-order valence-electron chi connectivity index (χ4n) is 1.85. The summed E-state index contributed by atoms with van der Waals surface area (Å²) in [5.74, 6) is -7.12. The van der Waals surface area contributed by atoms with Crippen LogP contribution in [0.4, 0.5) is 30.7 Å². The Bertz CT molecular complexity index is 744. The van der Waals surface area contributed by atoms with E-state index < -0.39 is 40.9 Å². The molecule has 0 saturated heterocycles. The highest BCUT2D eigenvalue weighted by molar-refractivity contribution is 7.85. The Morgan fingerprint density at radius 1 is 1.07 bits per heavy atom. The Balaban J connectivity index is 0.000000684. The van der Waals surface area contributed by atoms with E-state index in [1.165, 1.54) is 26.3 Å². The predicted molar refractivity (Wildman–Crippen MR) is 96.5 cm³/mol. The number of aryl methyl sites for hydroxylation is 3. The van der Waals surface area contributed by atoms with Gasteiger partial charge in [0.25, 0.3) is 6.43 Å². The summed E-state index contributed by atoms with van der Waals surface area (Å²) in [6.07, 6.45) is -6.96. The second-order valence-electron chi connectivity index (χ2n) is 5.66. The van der Waals surface area contributed by atoms with Crippen LogP contribution in [0.15, 0.2) is 27.0 Å². The van der Waals surface area contributed by atoms with Crippen LogP contribution >= 0.6 is 0 Å². The largest absolute Gasteiger partial charge is 0.454 e. The Kier molecular flexibility index (Phi) is 10.0.